The Morgan fingerprint density at radius 1 is 1.24 bits per heavy atom. The largest absolute Gasteiger partial charge is 0.343 e. The maximum Gasteiger partial charge on any atom is 0.268 e. The van der Waals surface area contributed by atoms with Crippen LogP contribution in [0.4, 0.5) is 8.78 Å². The second-order valence-corrected chi connectivity index (χ2v) is 6.32. The van der Waals surface area contributed by atoms with E-state index in [1.54, 1.807) is 30.6 Å². The van der Waals surface area contributed by atoms with Crippen LogP contribution in [0, 0.1) is 23.2 Å². The van der Waals surface area contributed by atoms with Gasteiger partial charge in [0.05, 0.1) is 30.3 Å². The minimum atomic E-state index is -3.11. The minimum absolute atomic E-state index is 0.188. The van der Waals surface area contributed by atoms with Gasteiger partial charge in [0.15, 0.2) is 0 Å². The maximum absolute atomic E-state index is 13.5. The number of halogens is 2. The fraction of sp³-hybridized carbons (Fsp3) is 0.250. The van der Waals surface area contributed by atoms with E-state index in [-0.39, 0.29) is 5.56 Å². The summed E-state index contributed by atoms with van der Waals surface area (Å²) in [5.74, 6) is 1.23. The molecular formula is C20H15F2N5O2. The quantitative estimate of drug-likeness (QED) is 0.792. The second-order valence-electron chi connectivity index (χ2n) is 6.32. The molecule has 1 aliphatic heterocycles. The van der Waals surface area contributed by atoms with E-state index in [2.05, 4.69) is 27.1 Å². The lowest BCUT2D eigenvalue weighted by Gasteiger charge is -2.19. The number of alkyl halides is 2. The number of hydrogen-bond acceptors (Lipinski definition) is 5. The van der Waals surface area contributed by atoms with E-state index < -0.39 is 43.3 Å². The molecule has 0 spiro atoms. The first-order valence-corrected chi connectivity index (χ1v) is 8.61. The molecule has 1 fully saturated rings. The number of nitrogens with zero attached hydrogens (tertiary/aromatic N) is 4. The van der Waals surface area contributed by atoms with Crippen molar-refractivity contribution in [1.82, 2.24) is 20.2 Å². The summed E-state index contributed by atoms with van der Waals surface area (Å²) < 4.78 is 26.9. The van der Waals surface area contributed by atoms with Gasteiger partial charge in [-0.15, -0.1) is 0 Å². The summed E-state index contributed by atoms with van der Waals surface area (Å²) in [7, 11) is 0. The summed E-state index contributed by atoms with van der Waals surface area (Å²) in [6, 6.07) is 5.40. The number of carbonyl (C=O) groups is 2. The lowest BCUT2D eigenvalue weighted by Crippen LogP contribution is -2.43. The highest BCUT2D eigenvalue weighted by Crippen LogP contribution is 2.31. The highest BCUT2D eigenvalue weighted by Gasteiger charge is 2.47. The molecule has 9 heteroatoms. The van der Waals surface area contributed by atoms with Crippen molar-refractivity contribution in [3.63, 3.8) is 0 Å². The summed E-state index contributed by atoms with van der Waals surface area (Å²) in [6.45, 7) is -1.35. The maximum atomic E-state index is 13.5. The molecule has 2 aromatic heterocycles. The zero-order chi connectivity index (χ0) is 20.9. The van der Waals surface area contributed by atoms with Crippen LogP contribution in [0.15, 0.2) is 43.0 Å². The number of carbonyl (C=O) groups excluding carboxylic acids is 2. The molecule has 3 heterocycles. The highest BCUT2D eigenvalue weighted by molar-refractivity contribution is 5.98. The smallest absolute Gasteiger partial charge is 0.268 e. The van der Waals surface area contributed by atoms with Crippen LogP contribution in [0.25, 0.3) is 0 Å². The van der Waals surface area contributed by atoms with Gasteiger partial charge >= 0.3 is 0 Å². The standard InChI is InChI=1S/C20H15F2N5O2/c21-20(22)8-16(9-23)27(13-20)18(28)12-26-19(29)17-5-7-25-11-15(17)4-3-14-2-1-6-24-10-14/h1-2,5-7,10-11,16H,8,12-13H2,(H,26,29)/t16-/m0/s1. The molecule has 146 valence electrons. The topological polar surface area (TPSA) is 99.0 Å². The molecule has 1 N–H and O–H groups in total. The molecule has 29 heavy (non-hydrogen) atoms. The van der Waals surface area contributed by atoms with Crippen molar-refractivity contribution >= 4 is 11.8 Å². The van der Waals surface area contributed by atoms with Gasteiger partial charge in [-0.3, -0.25) is 19.6 Å². The molecule has 0 bridgehead atoms. The number of likely N-dealkylation sites (tertiary alicyclic amines) is 1. The Labute approximate surface area is 165 Å². The van der Waals surface area contributed by atoms with Crippen molar-refractivity contribution < 1.29 is 18.4 Å². The molecule has 0 unspecified atom stereocenters. The normalized spacial score (nSPS) is 17.0. The number of hydrogen-bond donors (Lipinski definition) is 1. The summed E-state index contributed by atoms with van der Waals surface area (Å²) in [5, 5.41) is 11.4. The minimum Gasteiger partial charge on any atom is -0.343 e. The first-order valence-electron chi connectivity index (χ1n) is 8.61. The van der Waals surface area contributed by atoms with Crippen molar-refractivity contribution in [3.05, 3.63) is 59.7 Å². The van der Waals surface area contributed by atoms with Gasteiger partial charge < -0.3 is 10.2 Å². The molecule has 2 aromatic rings. The van der Waals surface area contributed by atoms with E-state index >= 15 is 0 Å². The van der Waals surface area contributed by atoms with Gasteiger partial charge in [0.2, 0.25) is 5.91 Å². The Kier molecular flexibility index (Phi) is 5.79. The van der Waals surface area contributed by atoms with Crippen LogP contribution in [-0.2, 0) is 4.79 Å². The van der Waals surface area contributed by atoms with Crippen LogP contribution in [0.3, 0.4) is 0 Å². The summed E-state index contributed by atoms with van der Waals surface area (Å²) >= 11 is 0. The number of nitrogens with one attached hydrogen (secondary N) is 1. The third-order valence-electron chi connectivity index (χ3n) is 4.21. The number of pyridine rings is 2. The fourth-order valence-corrected chi connectivity index (χ4v) is 2.82. The van der Waals surface area contributed by atoms with Crippen LogP contribution in [0.1, 0.15) is 27.9 Å². The van der Waals surface area contributed by atoms with Crippen molar-refractivity contribution in [1.29, 1.82) is 5.26 Å². The average molecular weight is 395 g/mol. The lowest BCUT2D eigenvalue weighted by molar-refractivity contribution is -0.131. The molecular weight excluding hydrogens is 380 g/mol. The third-order valence-corrected chi connectivity index (χ3v) is 4.21. The first-order chi connectivity index (χ1) is 13.9. The number of aromatic nitrogens is 2. The van der Waals surface area contributed by atoms with E-state index in [0.29, 0.717) is 11.1 Å². The van der Waals surface area contributed by atoms with Crippen molar-refractivity contribution in [2.75, 3.05) is 13.1 Å². The fourth-order valence-electron chi connectivity index (χ4n) is 2.82. The summed E-state index contributed by atoms with van der Waals surface area (Å²) in [6.07, 6.45) is 5.28. The molecule has 1 saturated heterocycles. The van der Waals surface area contributed by atoms with Gasteiger partial charge in [-0.1, -0.05) is 11.8 Å². The Balaban J connectivity index is 1.68. The second kappa shape index (κ2) is 8.44. The summed E-state index contributed by atoms with van der Waals surface area (Å²) in [4.78, 5) is 33.4. The molecule has 1 aliphatic rings. The molecule has 3 rings (SSSR count). The molecule has 2 amide bonds. The average Bonchev–Trinajstić information content (AvgIpc) is 3.06. The zero-order valence-electron chi connectivity index (χ0n) is 15.1. The predicted octanol–water partition coefficient (Wildman–Crippen LogP) is 1.37. The van der Waals surface area contributed by atoms with Crippen LogP contribution < -0.4 is 5.32 Å². The Morgan fingerprint density at radius 2 is 2.03 bits per heavy atom. The van der Waals surface area contributed by atoms with E-state index in [0.717, 1.165) is 4.90 Å². The number of amides is 2. The van der Waals surface area contributed by atoms with E-state index in [1.165, 1.54) is 18.5 Å². The molecule has 0 radical (unpaired) electrons. The Morgan fingerprint density at radius 3 is 2.76 bits per heavy atom. The van der Waals surface area contributed by atoms with Crippen molar-refractivity contribution in [2.45, 2.75) is 18.4 Å². The van der Waals surface area contributed by atoms with Crippen LogP contribution in [0.5, 0.6) is 0 Å². The number of rotatable bonds is 3. The van der Waals surface area contributed by atoms with Crippen LogP contribution >= 0.6 is 0 Å². The van der Waals surface area contributed by atoms with Gasteiger partial charge in [0.1, 0.15) is 6.04 Å². The zero-order valence-corrected chi connectivity index (χ0v) is 15.1. The Hall–Kier alpha value is -3.85. The molecule has 7 nitrogen and oxygen atoms in total. The molecule has 0 saturated carbocycles. The molecule has 0 aliphatic carbocycles. The predicted molar refractivity (Wildman–Crippen MR) is 97.5 cm³/mol. The molecule has 0 aromatic carbocycles. The van der Waals surface area contributed by atoms with Crippen LogP contribution in [-0.4, -0.2) is 51.7 Å². The molecule has 1 atom stereocenters. The number of nitriles is 1. The third kappa shape index (κ3) is 4.90. The first kappa shape index (κ1) is 19.9. The van der Waals surface area contributed by atoms with Crippen LogP contribution in [0.2, 0.25) is 0 Å². The van der Waals surface area contributed by atoms with Gasteiger partial charge in [-0.25, -0.2) is 8.78 Å². The summed E-state index contributed by atoms with van der Waals surface area (Å²) in [5.41, 5.74) is 1.17. The van der Waals surface area contributed by atoms with Gasteiger partial charge in [0.25, 0.3) is 11.8 Å². The van der Waals surface area contributed by atoms with E-state index in [1.807, 2.05) is 0 Å². The SMILES string of the molecule is N#C[C@@H]1CC(F)(F)CN1C(=O)CNC(=O)c1ccncc1C#Cc1cccnc1. The van der Waals surface area contributed by atoms with E-state index in [9.17, 15) is 18.4 Å². The van der Waals surface area contributed by atoms with Gasteiger partial charge in [0, 0.05) is 36.8 Å². The monoisotopic (exact) mass is 395 g/mol. The van der Waals surface area contributed by atoms with Crippen molar-refractivity contribution in [3.8, 4) is 17.9 Å². The lowest BCUT2D eigenvalue weighted by atomic mass is 10.1. The van der Waals surface area contributed by atoms with Gasteiger partial charge in [-0.05, 0) is 18.2 Å². The van der Waals surface area contributed by atoms with E-state index in [4.69, 9.17) is 5.26 Å². The Bertz CT molecular complexity index is 1020. The van der Waals surface area contributed by atoms with Gasteiger partial charge in [-0.2, -0.15) is 5.26 Å². The van der Waals surface area contributed by atoms with Crippen molar-refractivity contribution in [2.24, 2.45) is 0 Å². The highest BCUT2D eigenvalue weighted by atomic mass is 19.3.